The number of likely N-dealkylation sites (tertiary alicyclic amines) is 1. The molecular weight excluding hydrogens is 240 g/mol. The molecular formula is C11H20N2O3S. The highest BCUT2D eigenvalue weighted by atomic mass is 32.2. The van der Waals surface area contributed by atoms with Gasteiger partial charge in [0.2, 0.25) is 5.91 Å². The van der Waals surface area contributed by atoms with Gasteiger partial charge in [0.25, 0.3) is 0 Å². The van der Waals surface area contributed by atoms with E-state index >= 15 is 0 Å². The molecule has 17 heavy (non-hydrogen) atoms. The van der Waals surface area contributed by atoms with Crippen molar-refractivity contribution < 1.29 is 13.2 Å². The van der Waals surface area contributed by atoms with Gasteiger partial charge in [-0.25, -0.2) is 8.42 Å². The molecule has 2 atom stereocenters. The Morgan fingerprint density at radius 3 is 2.76 bits per heavy atom. The van der Waals surface area contributed by atoms with Crippen LogP contribution in [0.3, 0.4) is 0 Å². The van der Waals surface area contributed by atoms with Gasteiger partial charge >= 0.3 is 0 Å². The lowest BCUT2D eigenvalue weighted by atomic mass is 10.2. The van der Waals surface area contributed by atoms with E-state index < -0.39 is 9.84 Å². The summed E-state index contributed by atoms with van der Waals surface area (Å²) in [6, 6.07) is -0.181. The Hall–Kier alpha value is -0.620. The van der Waals surface area contributed by atoms with Crippen LogP contribution in [-0.2, 0) is 14.6 Å². The molecule has 0 radical (unpaired) electrons. The third-order valence-electron chi connectivity index (χ3n) is 3.53. The predicted octanol–water partition coefficient (Wildman–Crippen LogP) is -0.226. The average molecular weight is 260 g/mol. The molecule has 0 aromatic heterocycles. The third-order valence-corrected chi connectivity index (χ3v) is 5.28. The van der Waals surface area contributed by atoms with Crippen molar-refractivity contribution in [2.75, 3.05) is 24.6 Å². The first-order valence-corrected chi connectivity index (χ1v) is 8.10. The minimum atomic E-state index is -2.91. The molecule has 2 aliphatic heterocycles. The van der Waals surface area contributed by atoms with Crippen molar-refractivity contribution in [2.24, 2.45) is 0 Å². The number of carbonyl (C=O) groups is 1. The molecule has 0 bridgehead atoms. The minimum Gasteiger partial charge on any atom is -0.337 e. The molecule has 2 fully saturated rings. The first-order chi connectivity index (χ1) is 8.03. The van der Waals surface area contributed by atoms with Crippen LogP contribution in [0.15, 0.2) is 0 Å². The number of sulfone groups is 1. The lowest BCUT2D eigenvalue weighted by Gasteiger charge is -2.23. The van der Waals surface area contributed by atoms with Crippen molar-refractivity contribution in [3.8, 4) is 0 Å². The predicted molar refractivity (Wildman–Crippen MR) is 65.5 cm³/mol. The molecule has 6 heteroatoms. The van der Waals surface area contributed by atoms with E-state index in [4.69, 9.17) is 0 Å². The van der Waals surface area contributed by atoms with E-state index in [1.165, 1.54) is 0 Å². The SMILES string of the molecule is CCCNC1CCN(C2CCS(=O)(=O)C2)C1=O. The van der Waals surface area contributed by atoms with Gasteiger partial charge in [-0.2, -0.15) is 0 Å². The Balaban J connectivity index is 1.94. The van der Waals surface area contributed by atoms with E-state index in [0.717, 1.165) is 19.4 Å². The minimum absolute atomic E-state index is 0.0825. The van der Waals surface area contributed by atoms with Crippen LogP contribution >= 0.6 is 0 Å². The highest BCUT2D eigenvalue weighted by Crippen LogP contribution is 2.23. The molecule has 2 saturated heterocycles. The van der Waals surface area contributed by atoms with Crippen LogP contribution in [0.5, 0.6) is 0 Å². The second-order valence-electron chi connectivity index (χ2n) is 4.88. The molecule has 2 heterocycles. The van der Waals surface area contributed by atoms with Crippen molar-refractivity contribution in [3.63, 3.8) is 0 Å². The monoisotopic (exact) mass is 260 g/mol. The number of hydrogen-bond donors (Lipinski definition) is 1. The molecule has 0 saturated carbocycles. The summed E-state index contributed by atoms with van der Waals surface area (Å²) >= 11 is 0. The van der Waals surface area contributed by atoms with Gasteiger partial charge in [-0.05, 0) is 25.8 Å². The fraction of sp³-hybridized carbons (Fsp3) is 0.909. The van der Waals surface area contributed by atoms with Gasteiger partial charge in [0, 0.05) is 12.6 Å². The first-order valence-electron chi connectivity index (χ1n) is 6.28. The normalized spacial score (nSPS) is 32.3. The number of nitrogens with zero attached hydrogens (tertiary/aromatic N) is 1. The summed E-state index contributed by atoms with van der Waals surface area (Å²) in [5.41, 5.74) is 0. The van der Waals surface area contributed by atoms with Gasteiger partial charge in [0.1, 0.15) is 0 Å². The molecule has 0 aliphatic carbocycles. The van der Waals surface area contributed by atoms with Crippen LogP contribution in [0.2, 0.25) is 0 Å². The summed E-state index contributed by atoms with van der Waals surface area (Å²) in [6.07, 6.45) is 2.41. The largest absolute Gasteiger partial charge is 0.337 e. The van der Waals surface area contributed by atoms with Gasteiger partial charge in [-0.1, -0.05) is 6.92 Å². The highest BCUT2D eigenvalue weighted by Gasteiger charge is 2.40. The van der Waals surface area contributed by atoms with Gasteiger partial charge in [-0.15, -0.1) is 0 Å². The molecule has 0 spiro atoms. The summed E-state index contributed by atoms with van der Waals surface area (Å²) in [7, 11) is -2.91. The Kier molecular flexibility index (Phi) is 3.73. The zero-order chi connectivity index (χ0) is 12.5. The Labute approximate surface area is 102 Å². The smallest absolute Gasteiger partial charge is 0.240 e. The second-order valence-corrected chi connectivity index (χ2v) is 7.11. The maximum Gasteiger partial charge on any atom is 0.240 e. The quantitative estimate of drug-likeness (QED) is 0.758. The van der Waals surface area contributed by atoms with E-state index in [-0.39, 0.29) is 29.5 Å². The van der Waals surface area contributed by atoms with Gasteiger partial charge < -0.3 is 10.2 Å². The first kappa shape index (κ1) is 12.8. The van der Waals surface area contributed by atoms with Crippen molar-refractivity contribution in [2.45, 2.75) is 38.3 Å². The van der Waals surface area contributed by atoms with E-state index in [1.807, 2.05) is 0 Å². The van der Waals surface area contributed by atoms with Crippen molar-refractivity contribution in [3.05, 3.63) is 0 Å². The van der Waals surface area contributed by atoms with E-state index in [1.54, 1.807) is 4.90 Å². The lowest BCUT2D eigenvalue weighted by Crippen LogP contribution is -2.43. The number of rotatable bonds is 4. The number of amides is 1. The van der Waals surface area contributed by atoms with E-state index in [0.29, 0.717) is 13.0 Å². The Bertz CT molecular complexity index is 394. The molecule has 2 unspecified atom stereocenters. The standard InChI is InChI=1S/C11H20N2O3S/c1-2-5-12-10-3-6-13(11(10)14)9-4-7-17(15,16)8-9/h9-10,12H,2-8H2,1H3. The molecule has 0 aromatic rings. The number of hydrogen-bond acceptors (Lipinski definition) is 4. The fourth-order valence-corrected chi connectivity index (χ4v) is 4.32. The molecule has 5 nitrogen and oxygen atoms in total. The fourth-order valence-electron chi connectivity index (χ4n) is 2.59. The second kappa shape index (κ2) is 4.94. The Morgan fingerprint density at radius 1 is 1.41 bits per heavy atom. The van der Waals surface area contributed by atoms with Crippen LogP contribution in [0.1, 0.15) is 26.2 Å². The summed E-state index contributed by atoms with van der Waals surface area (Å²) in [5, 5.41) is 3.21. The maximum absolute atomic E-state index is 12.1. The van der Waals surface area contributed by atoms with E-state index in [2.05, 4.69) is 12.2 Å². The number of carbonyl (C=O) groups excluding carboxylic acids is 1. The molecule has 98 valence electrons. The zero-order valence-corrected chi connectivity index (χ0v) is 11.0. The topological polar surface area (TPSA) is 66.5 Å². The zero-order valence-electron chi connectivity index (χ0n) is 10.2. The van der Waals surface area contributed by atoms with Crippen LogP contribution in [0.4, 0.5) is 0 Å². The molecule has 1 N–H and O–H groups in total. The van der Waals surface area contributed by atoms with Crippen LogP contribution in [0, 0.1) is 0 Å². The molecule has 0 aromatic carbocycles. The molecule has 1 amide bonds. The van der Waals surface area contributed by atoms with E-state index in [9.17, 15) is 13.2 Å². The van der Waals surface area contributed by atoms with Gasteiger partial charge in [0.05, 0.1) is 17.5 Å². The molecule has 2 rings (SSSR count). The van der Waals surface area contributed by atoms with Crippen molar-refractivity contribution in [1.82, 2.24) is 10.2 Å². The number of nitrogens with one attached hydrogen (secondary N) is 1. The summed E-state index contributed by atoms with van der Waals surface area (Å²) in [5.74, 6) is 0.467. The average Bonchev–Trinajstić information content (AvgIpc) is 2.79. The van der Waals surface area contributed by atoms with Gasteiger partial charge in [-0.3, -0.25) is 4.79 Å². The van der Waals surface area contributed by atoms with Crippen LogP contribution in [-0.4, -0.2) is 55.9 Å². The van der Waals surface area contributed by atoms with Gasteiger partial charge in [0.15, 0.2) is 9.84 Å². The molecule has 2 aliphatic rings. The van der Waals surface area contributed by atoms with Crippen LogP contribution in [0.25, 0.3) is 0 Å². The Morgan fingerprint density at radius 2 is 2.18 bits per heavy atom. The summed E-state index contributed by atoms with van der Waals surface area (Å²) in [4.78, 5) is 13.8. The van der Waals surface area contributed by atoms with Crippen molar-refractivity contribution in [1.29, 1.82) is 0 Å². The van der Waals surface area contributed by atoms with Crippen LogP contribution < -0.4 is 5.32 Å². The highest BCUT2D eigenvalue weighted by molar-refractivity contribution is 7.91. The summed E-state index contributed by atoms with van der Waals surface area (Å²) in [6.45, 7) is 3.60. The van der Waals surface area contributed by atoms with Crippen molar-refractivity contribution >= 4 is 15.7 Å². The maximum atomic E-state index is 12.1. The lowest BCUT2D eigenvalue weighted by molar-refractivity contribution is -0.130. The third kappa shape index (κ3) is 2.80. The summed E-state index contributed by atoms with van der Waals surface area (Å²) < 4.78 is 22.8.